The van der Waals surface area contributed by atoms with Crippen LogP contribution in [-0.2, 0) is 10.5 Å². The summed E-state index contributed by atoms with van der Waals surface area (Å²) in [4.78, 5) is 8.01. The lowest BCUT2D eigenvalue weighted by Gasteiger charge is -2.12. The molecule has 1 aliphatic rings. The predicted octanol–water partition coefficient (Wildman–Crippen LogP) is 2.54. The first kappa shape index (κ1) is 11.2. The number of hydrogen-bond acceptors (Lipinski definition) is 4. The van der Waals surface area contributed by atoms with Crippen molar-refractivity contribution in [2.75, 3.05) is 6.61 Å². The SMILES string of the molecule is CC1OCCC1SCc1ccnc(Cl)n1. The summed E-state index contributed by atoms with van der Waals surface area (Å²) in [6.45, 7) is 3.00. The third-order valence-electron chi connectivity index (χ3n) is 2.44. The third-order valence-corrected chi connectivity index (χ3v) is 4.13. The predicted molar refractivity (Wildman–Crippen MR) is 62.2 cm³/mol. The van der Waals surface area contributed by atoms with E-state index in [4.69, 9.17) is 16.3 Å². The van der Waals surface area contributed by atoms with E-state index in [2.05, 4.69) is 16.9 Å². The van der Waals surface area contributed by atoms with Crippen LogP contribution in [0, 0.1) is 0 Å². The third kappa shape index (κ3) is 3.06. The highest BCUT2D eigenvalue weighted by atomic mass is 35.5. The van der Waals surface area contributed by atoms with Crippen molar-refractivity contribution >= 4 is 23.4 Å². The molecular weight excluding hydrogens is 232 g/mol. The van der Waals surface area contributed by atoms with E-state index in [0.29, 0.717) is 16.6 Å². The van der Waals surface area contributed by atoms with Gasteiger partial charge in [-0.1, -0.05) is 0 Å². The van der Waals surface area contributed by atoms with E-state index in [1.54, 1.807) is 6.20 Å². The summed E-state index contributed by atoms with van der Waals surface area (Å²) in [5.41, 5.74) is 0.985. The lowest BCUT2D eigenvalue weighted by atomic mass is 10.3. The standard InChI is InChI=1S/C10H13ClN2OS/c1-7-9(3-5-14-7)15-6-8-2-4-12-10(11)13-8/h2,4,7,9H,3,5-6H2,1H3. The van der Waals surface area contributed by atoms with Crippen molar-refractivity contribution in [3.05, 3.63) is 23.2 Å². The molecule has 2 atom stereocenters. The monoisotopic (exact) mass is 244 g/mol. The van der Waals surface area contributed by atoms with Gasteiger partial charge in [-0.2, -0.15) is 0 Å². The molecule has 5 heteroatoms. The Morgan fingerprint density at radius 2 is 2.53 bits per heavy atom. The number of rotatable bonds is 3. The largest absolute Gasteiger partial charge is 0.377 e. The Bertz CT molecular complexity index is 337. The van der Waals surface area contributed by atoms with Gasteiger partial charge >= 0.3 is 0 Å². The van der Waals surface area contributed by atoms with Crippen molar-refractivity contribution in [3.8, 4) is 0 Å². The zero-order valence-electron chi connectivity index (χ0n) is 8.52. The van der Waals surface area contributed by atoms with Gasteiger partial charge in [0.05, 0.1) is 11.8 Å². The summed E-state index contributed by atoms with van der Waals surface area (Å²) in [5.74, 6) is 0.876. The van der Waals surface area contributed by atoms with Crippen LogP contribution in [-0.4, -0.2) is 27.9 Å². The van der Waals surface area contributed by atoms with E-state index in [0.717, 1.165) is 24.5 Å². The molecule has 3 nitrogen and oxygen atoms in total. The minimum absolute atomic E-state index is 0.323. The van der Waals surface area contributed by atoms with Gasteiger partial charge in [0, 0.05) is 23.8 Å². The normalized spacial score (nSPS) is 25.7. The van der Waals surface area contributed by atoms with Gasteiger partial charge in [-0.25, -0.2) is 9.97 Å². The van der Waals surface area contributed by atoms with E-state index in [-0.39, 0.29) is 0 Å². The van der Waals surface area contributed by atoms with E-state index < -0.39 is 0 Å². The molecule has 1 aromatic rings. The molecule has 2 heterocycles. The quantitative estimate of drug-likeness (QED) is 0.766. The molecule has 0 bridgehead atoms. The number of ether oxygens (including phenoxy) is 1. The lowest BCUT2D eigenvalue weighted by molar-refractivity contribution is 0.127. The molecule has 0 radical (unpaired) electrons. The minimum Gasteiger partial charge on any atom is -0.377 e. The zero-order chi connectivity index (χ0) is 10.7. The van der Waals surface area contributed by atoms with Crippen molar-refractivity contribution in [1.29, 1.82) is 0 Å². The molecule has 0 spiro atoms. The first-order valence-corrected chi connectivity index (χ1v) is 6.39. The molecular formula is C10H13ClN2OS. The van der Waals surface area contributed by atoms with Crippen LogP contribution >= 0.6 is 23.4 Å². The molecule has 0 amide bonds. The van der Waals surface area contributed by atoms with Gasteiger partial charge in [0.2, 0.25) is 5.28 Å². The molecule has 1 fully saturated rings. The Morgan fingerprint density at radius 1 is 1.67 bits per heavy atom. The van der Waals surface area contributed by atoms with Gasteiger partial charge in [-0.15, -0.1) is 11.8 Å². The molecule has 15 heavy (non-hydrogen) atoms. The summed E-state index contributed by atoms with van der Waals surface area (Å²) in [5, 5.41) is 0.905. The first-order valence-electron chi connectivity index (χ1n) is 4.96. The van der Waals surface area contributed by atoms with Crippen molar-refractivity contribution in [2.24, 2.45) is 0 Å². The van der Waals surface area contributed by atoms with Crippen LogP contribution in [0.15, 0.2) is 12.3 Å². The van der Waals surface area contributed by atoms with Gasteiger partial charge in [-0.3, -0.25) is 0 Å². The fourth-order valence-corrected chi connectivity index (χ4v) is 2.90. The van der Waals surface area contributed by atoms with Gasteiger partial charge in [0.1, 0.15) is 0 Å². The Hall–Kier alpha value is -0.320. The second-order valence-corrected chi connectivity index (χ2v) is 5.10. The van der Waals surface area contributed by atoms with Crippen molar-refractivity contribution < 1.29 is 4.74 Å². The average molecular weight is 245 g/mol. The van der Waals surface area contributed by atoms with Crippen LogP contribution in [0.1, 0.15) is 19.0 Å². The maximum atomic E-state index is 5.71. The van der Waals surface area contributed by atoms with Crippen molar-refractivity contribution in [3.63, 3.8) is 0 Å². The van der Waals surface area contributed by atoms with E-state index in [1.807, 2.05) is 17.8 Å². The maximum absolute atomic E-state index is 5.71. The zero-order valence-corrected chi connectivity index (χ0v) is 10.1. The van der Waals surface area contributed by atoms with Crippen LogP contribution in [0.25, 0.3) is 0 Å². The maximum Gasteiger partial charge on any atom is 0.222 e. The molecule has 2 unspecified atom stereocenters. The van der Waals surface area contributed by atoms with Crippen molar-refractivity contribution in [2.45, 2.75) is 30.5 Å². The average Bonchev–Trinajstić information content (AvgIpc) is 2.61. The minimum atomic E-state index is 0.323. The fourth-order valence-electron chi connectivity index (χ4n) is 1.57. The molecule has 0 aromatic carbocycles. The van der Waals surface area contributed by atoms with E-state index in [1.165, 1.54) is 0 Å². The van der Waals surface area contributed by atoms with Gasteiger partial charge in [0.25, 0.3) is 0 Å². The smallest absolute Gasteiger partial charge is 0.222 e. The van der Waals surface area contributed by atoms with Gasteiger partial charge in [-0.05, 0) is 31.0 Å². The van der Waals surface area contributed by atoms with Crippen LogP contribution < -0.4 is 0 Å². The van der Waals surface area contributed by atoms with Crippen LogP contribution in [0.5, 0.6) is 0 Å². The van der Waals surface area contributed by atoms with E-state index in [9.17, 15) is 0 Å². The number of hydrogen-bond donors (Lipinski definition) is 0. The highest BCUT2D eigenvalue weighted by Gasteiger charge is 2.24. The lowest BCUT2D eigenvalue weighted by Crippen LogP contribution is -2.13. The summed E-state index contributed by atoms with van der Waals surface area (Å²) in [7, 11) is 0. The summed E-state index contributed by atoms with van der Waals surface area (Å²) >= 11 is 7.59. The van der Waals surface area contributed by atoms with E-state index >= 15 is 0 Å². The van der Waals surface area contributed by atoms with Crippen LogP contribution in [0.3, 0.4) is 0 Å². The number of halogens is 1. The number of nitrogens with zero attached hydrogens (tertiary/aromatic N) is 2. The molecule has 1 aromatic heterocycles. The van der Waals surface area contributed by atoms with Crippen LogP contribution in [0.4, 0.5) is 0 Å². The Labute approximate surface area is 98.6 Å². The summed E-state index contributed by atoms with van der Waals surface area (Å²) < 4.78 is 5.50. The second-order valence-electron chi connectivity index (χ2n) is 3.53. The fraction of sp³-hybridized carbons (Fsp3) is 0.600. The second kappa shape index (κ2) is 5.14. The Morgan fingerprint density at radius 3 is 3.20 bits per heavy atom. The molecule has 0 aliphatic carbocycles. The Kier molecular flexibility index (Phi) is 3.83. The van der Waals surface area contributed by atoms with Gasteiger partial charge < -0.3 is 4.74 Å². The number of aromatic nitrogens is 2. The van der Waals surface area contributed by atoms with Crippen LogP contribution in [0.2, 0.25) is 5.28 Å². The molecule has 0 saturated carbocycles. The highest BCUT2D eigenvalue weighted by molar-refractivity contribution is 7.99. The summed E-state index contributed by atoms with van der Waals surface area (Å²) in [6.07, 6.45) is 3.18. The first-order chi connectivity index (χ1) is 7.25. The number of thioether (sulfide) groups is 1. The topological polar surface area (TPSA) is 35.0 Å². The molecule has 0 N–H and O–H groups in total. The van der Waals surface area contributed by atoms with Gasteiger partial charge in [0.15, 0.2) is 0 Å². The summed E-state index contributed by atoms with van der Waals surface area (Å²) in [6, 6.07) is 1.90. The highest BCUT2D eigenvalue weighted by Crippen LogP contribution is 2.28. The Balaban J connectivity index is 1.87. The molecule has 1 aliphatic heterocycles. The van der Waals surface area contributed by atoms with Crippen molar-refractivity contribution in [1.82, 2.24) is 9.97 Å². The molecule has 1 saturated heterocycles. The molecule has 2 rings (SSSR count). The molecule has 82 valence electrons.